The fraction of sp³-hybridized carbons (Fsp3) is 0.591. The molecule has 2 aliphatic rings. The topological polar surface area (TPSA) is 44.8 Å². The van der Waals surface area contributed by atoms with Crippen molar-refractivity contribution in [3.63, 3.8) is 0 Å². The minimum absolute atomic E-state index is 0.201. The van der Waals surface area contributed by atoms with Crippen LogP contribution in [-0.4, -0.2) is 26.7 Å². The molecule has 148 valence electrons. The molecule has 27 heavy (non-hydrogen) atoms. The summed E-state index contributed by atoms with van der Waals surface area (Å²) in [6.07, 6.45) is 4.81. The van der Waals surface area contributed by atoms with Gasteiger partial charge >= 0.3 is 5.97 Å². The van der Waals surface area contributed by atoms with Crippen molar-refractivity contribution in [2.24, 2.45) is 5.92 Å². The Morgan fingerprint density at radius 2 is 1.93 bits per heavy atom. The Hall–Kier alpha value is -1.59. The van der Waals surface area contributed by atoms with Crippen LogP contribution < -0.4 is 0 Å². The molecule has 2 atom stereocenters. The lowest BCUT2D eigenvalue weighted by molar-refractivity contribution is -0.206. The lowest BCUT2D eigenvalue weighted by Gasteiger charge is -2.50. The van der Waals surface area contributed by atoms with E-state index in [1.54, 1.807) is 0 Å². The summed E-state index contributed by atoms with van der Waals surface area (Å²) in [5.41, 5.74) is 2.75. The number of carbonyl (C=O) groups excluding carboxylic acids is 1. The van der Waals surface area contributed by atoms with Crippen LogP contribution in [0.3, 0.4) is 0 Å². The molecule has 0 N–H and O–H groups in total. The minimum atomic E-state index is -1.83. The van der Waals surface area contributed by atoms with Gasteiger partial charge in [-0.15, -0.1) is 0 Å². The smallest absolute Gasteiger partial charge is 0.337 e. The molecule has 0 amide bonds. The predicted molar refractivity (Wildman–Crippen MR) is 110 cm³/mol. The zero-order chi connectivity index (χ0) is 19.7. The summed E-state index contributed by atoms with van der Waals surface area (Å²) in [7, 11) is -1.83. The summed E-state index contributed by atoms with van der Waals surface area (Å²) in [5, 5.41) is 0. The Bertz CT molecular complexity index is 717. The van der Waals surface area contributed by atoms with Gasteiger partial charge in [0.05, 0.1) is 12.2 Å². The molecule has 1 aliphatic heterocycles. The van der Waals surface area contributed by atoms with Crippen LogP contribution in [0.15, 0.2) is 29.8 Å². The van der Waals surface area contributed by atoms with E-state index in [4.69, 9.17) is 13.9 Å². The molecule has 1 saturated carbocycles. The quantitative estimate of drug-likeness (QED) is 0.498. The normalized spacial score (nSPS) is 25.6. The Morgan fingerprint density at radius 3 is 2.56 bits per heavy atom. The summed E-state index contributed by atoms with van der Waals surface area (Å²) in [5.74, 6) is -0.0319. The first-order chi connectivity index (χ1) is 12.7. The average Bonchev–Trinajstić information content (AvgIpc) is 2.60. The van der Waals surface area contributed by atoms with Crippen LogP contribution in [0, 0.1) is 12.8 Å². The molecular formula is C22H32O4Si. The first-order valence-electron chi connectivity index (χ1n) is 10.1. The third-order valence-electron chi connectivity index (χ3n) is 5.26. The Labute approximate surface area is 164 Å². The van der Waals surface area contributed by atoms with Crippen LogP contribution in [0.25, 0.3) is 5.76 Å². The van der Waals surface area contributed by atoms with Gasteiger partial charge < -0.3 is 13.9 Å². The Kier molecular flexibility index (Phi) is 5.82. The standard InChI is InChI=1S/C22H32O4Si/c1-6-24-21(23)19-15-18-9-7-8-14-22(18,26-27(3,4)5)25-20(19)17-12-10-16(2)11-13-17/h10-13,18H,6-9,14-15H2,1-5H3. The molecule has 4 nitrogen and oxygen atoms in total. The van der Waals surface area contributed by atoms with Crippen LogP contribution in [0.1, 0.15) is 50.2 Å². The summed E-state index contributed by atoms with van der Waals surface area (Å²) in [4.78, 5) is 12.7. The summed E-state index contributed by atoms with van der Waals surface area (Å²) >= 11 is 0. The number of rotatable bonds is 5. The van der Waals surface area contributed by atoms with E-state index >= 15 is 0 Å². The number of fused-ring (bicyclic) bond motifs is 1. The third kappa shape index (κ3) is 4.46. The molecule has 0 bridgehead atoms. The van der Waals surface area contributed by atoms with E-state index in [0.717, 1.165) is 31.2 Å². The molecule has 2 unspecified atom stereocenters. The number of ether oxygens (including phenoxy) is 2. The highest BCUT2D eigenvalue weighted by molar-refractivity contribution is 6.69. The van der Waals surface area contributed by atoms with Crippen LogP contribution in [0.2, 0.25) is 19.6 Å². The van der Waals surface area contributed by atoms with Crippen molar-refractivity contribution in [3.05, 3.63) is 41.0 Å². The molecule has 0 aromatic heterocycles. The molecule has 1 aliphatic carbocycles. The second kappa shape index (κ2) is 7.80. The third-order valence-corrected chi connectivity index (χ3v) is 6.22. The van der Waals surface area contributed by atoms with Crippen molar-refractivity contribution in [1.82, 2.24) is 0 Å². The highest BCUT2D eigenvalue weighted by Crippen LogP contribution is 2.50. The maximum atomic E-state index is 12.7. The fourth-order valence-electron chi connectivity index (χ4n) is 4.16. The fourth-order valence-corrected chi connectivity index (χ4v) is 5.50. The Balaban J connectivity index is 2.07. The number of aryl methyl sites for hydroxylation is 1. The molecule has 1 fully saturated rings. The van der Waals surface area contributed by atoms with E-state index in [9.17, 15) is 4.79 Å². The molecular weight excluding hydrogens is 356 g/mol. The summed E-state index contributed by atoms with van der Waals surface area (Å²) in [6.45, 7) is 10.9. The second-order valence-corrected chi connectivity index (χ2v) is 13.1. The first kappa shape index (κ1) is 20.1. The van der Waals surface area contributed by atoms with E-state index in [2.05, 4.69) is 26.6 Å². The van der Waals surface area contributed by atoms with Gasteiger partial charge in [-0.3, -0.25) is 0 Å². The van der Waals surface area contributed by atoms with Gasteiger partial charge in [0.1, 0.15) is 5.76 Å². The highest BCUT2D eigenvalue weighted by atomic mass is 28.4. The lowest BCUT2D eigenvalue weighted by atomic mass is 9.77. The molecule has 1 heterocycles. The predicted octanol–water partition coefficient (Wildman–Crippen LogP) is 5.43. The zero-order valence-electron chi connectivity index (χ0n) is 17.3. The van der Waals surface area contributed by atoms with Gasteiger partial charge in [-0.2, -0.15) is 0 Å². The number of benzene rings is 1. The summed E-state index contributed by atoms with van der Waals surface area (Å²) in [6, 6.07) is 8.14. The van der Waals surface area contributed by atoms with Crippen molar-refractivity contribution < 1.29 is 18.7 Å². The second-order valence-electron chi connectivity index (χ2n) is 8.67. The van der Waals surface area contributed by atoms with Gasteiger partial charge in [0, 0.05) is 17.9 Å². The van der Waals surface area contributed by atoms with Crippen LogP contribution in [-0.2, 0) is 18.7 Å². The van der Waals surface area contributed by atoms with Crippen LogP contribution in [0.4, 0.5) is 0 Å². The van der Waals surface area contributed by atoms with Crippen molar-refractivity contribution >= 4 is 20.0 Å². The minimum Gasteiger partial charge on any atom is -0.463 e. The number of hydrogen-bond donors (Lipinski definition) is 0. The maximum absolute atomic E-state index is 12.7. The molecule has 3 rings (SSSR count). The molecule has 0 radical (unpaired) electrons. The van der Waals surface area contributed by atoms with Gasteiger partial charge in [0.15, 0.2) is 8.32 Å². The number of hydrogen-bond acceptors (Lipinski definition) is 4. The maximum Gasteiger partial charge on any atom is 0.337 e. The van der Waals surface area contributed by atoms with E-state index in [-0.39, 0.29) is 11.9 Å². The van der Waals surface area contributed by atoms with Crippen molar-refractivity contribution in [2.75, 3.05) is 6.61 Å². The lowest BCUT2D eigenvalue weighted by Crippen LogP contribution is -2.53. The molecule has 0 spiro atoms. The van der Waals surface area contributed by atoms with E-state index in [1.807, 2.05) is 31.2 Å². The number of esters is 1. The summed E-state index contributed by atoms with van der Waals surface area (Å²) < 4.78 is 18.7. The molecule has 1 aromatic rings. The van der Waals surface area contributed by atoms with Gasteiger partial charge in [-0.05, 0) is 52.8 Å². The average molecular weight is 389 g/mol. The zero-order valence-corrected chi connectivity index (χ0v) is 18.3. The Morgan fingerprint density at radius 1 is 1.22 bits per heavy atom. The van der Waals surface area contributed by atoms with Crippen molar-refractivity contribution in [2.45, 2.75) is 71.4 Å². The van der Waals surface area contributed by atoms with Gasteiger partial charge in [-0.25, -0.2) is 4.79 Å². The monoisotopic (exact) mass is 388 g/mol. The van der Waals surface area contributed by atoms with Crippen LogP contribution >= 0.6 is 0 Å². The van der Waals surface area contributed by atoms with Crippen molar-refractivity contribution in [3.8, 4) is 0 Å². The largest absolute Gasteiger partial charge is 0.463 e. The van der Waals surface area contributed by atoms with Crippen molar-refractivity contribution in [1.29, 1.82) is 0 Å². The highest BCUT2D eigenvalue weighted by Gasteiger charge is 2.51. The molecule has 0 saturated heterocycles. The first-order valence-corrected chi connectivity index (χ1v) is 13.5. The van der Waals surface area contributed by atoms with Gasteiger partial charge in [0.2, 0.25) is 5.79 Å². The van der Waals surface area contributed by atoms with Gasteiger partial charge in [0.25, 0.3) is 0 Å². The number of carbonyl (C=O) groups is 1. The SMILES string of the molecule is CCOC(=O)C1=C(c2ccc(C)cc2)OC2(O[Si](C)(C)C)CCCCC2C1. The van der Waals surface area contributed by atoms with Crippen LogP contribution in [0.5, 0.6) is 0 Å². The molecule has 5 heteroatoms. The van der Waals surface area contributed by atoms with Gasteiger partial charge in [-0.1, -0.05) is 36.2 Å². The van der Waals surface area contributed by atoms with E-state index < -0.39 is 14.1 Å². The molecule has 1 aromatic carbocycles. The van der Waals surface area contributed by atoms with E-state index in [1.165, 1.54) is 5.56 Å². The van der Waals surface area contributed by atoms with E-state index in [0.29, 0.717) is 24.4 Å².